The van der Waals surface area contributed by atoms with Gasteiger partial charge in [0.1, 0.15) is 5.82 Å². The predicted molar refractivity (Wildman–Crippen MR) is 64.7 cm³/mol. The minimum atomic E-state index is -0.311. The second-order valence-electron chi connectivity index (χ2n) is 3.65. The van der Waals surface area contributed by atoms with Crippen LogP contribution in [0.5, 0.6) is 0 Å². The fourth-order valence-electron chi connectivity index (χ4n) is 1.40. The van der Waals surface area contributed by atoms with E-state index in [0.29, 0.717) is 6.54 Å². The van der Waals surface area contributed by atoms with Crippen LogP contribution >= 0.6 is 0 Å². The molecule has 0 unspecified atom stereocenters. The second-order valence-corrected chi connectivity index (χ2v) is 3.65. The Morgan fingerprint density at radius 3 is 3.00 bits per heavy atom. The van der Waals surface area contributed by atoms with Crippen molar-refractivity contribution in [1.82, 2.24) is 10.6 Å². The number of hydrogen-bond acceptors (Lipinski definition) is 2. The third-order valence-corrected chi connectivity index (χ3v) is 2.24. The summed E-state index contributed by atoms with van der Waals surface area (Å²) in [5.74, 6) is 1.89. The first-order valence-electron chi connectivity index (χ1n) is 5.32. The number of rotatable bonds is 5. The van der Waals surface area contributed by atoms with Crippen LogP contribution < -0.4 is 10.6 Å². The second kappa shape index (κ2) is 6.66. The van der Waals surface area contributed by atoms with E-state index in [9.17, 15) is 9.18 Å². The van der Waals surface area contributed by atoms with Crippen molar-refractivity contribution in [3.8, 4) is 12.3 Å². The van der Waals surface area contributed by atoms with E-state index in [1.165, 1.54) is 12.1 Å². The molecule has 1 aromatic rings. The van der Waals surface area contributed by atoms with Gasteiger partial charge in [0, 0.05) is 0 Å². The fourth-order valence-corrected chi connectivity index (χ4v) is 1.40. The fraction of sp³-hybridized carbons (Fsp3) is 0.308. The summed E-state index contributed by atoms with van der Waals surface area (Å²) < 4.78 is 13.0. The first kappa shape index (κ1) is 13.2. The van der Waals surface area contributed by atoms with Gasteiger partial charge >= 0.3 is 0 Å². The van der Waals surface area contributed by atoms with Gasteiger partial charge in [0.2, 0.25) is 5.91 Å². The molecule has 17 heavy (non-hydrogen) atoms. The third-order valence-electron chi connectivity index (χ3n) is 2.24. The normalized spacial score (nSPS) is 11.6. The Morgan fingerprint density at radius 1 is 1.59 bits per heavy atom. The molecule has 0 fully saturated rings. The van der Waals surface area contributed by atoms with Gasteiger partial charge in [0.05, 0.1) is 19.1 Å². The van der Waals surface area contributed by atoms with E-state index >= 15 is 0 Å². The molecule has 0 saturated carbocycles. The highest BCUT2D eigenvalue weighted by molar-refractivity contribution is 5.78. The van der Waals surface area contributed by atoms with Crippen molar-refractivity contribution in [1.29, 1.82) is 0 Å². The summed E-state index contributed by atoms with van der Waals surface area (Å²) in [6, 6.07) is 5.92. The van der Waals surface area contributed by atoms with E-state index in [1.807, 2.05) is 0 Å². The summed E-state index contributed by atoms with van der Waals surface area (Å²) in [6.45, 7) is 2.31. The highest BCUT2D eigenvalue weighted by Crippen LogP contribution is 2.12. The molecule has 90 valence electrons. The molecule has 0 bridgehead atoms. The van der Waals surface area contributed by atoms with Crippen molar-refractivity contribution in [3.05, 3.63) is 35.6 Å². The highest BCUT2D eigenvalue weighted by Gasteiger charge is 2.09. The molecule has 1 amide bonds. The Morgan fingerprint density at radius 2 is 2.35 bits per heavy atom. The van der Waals surface area contributed by atoms with Crippen molar-refractivity contribution < 1.29 is 9.18 Å². The zero-order valence-electron chi connectivity index (χ0n) is 9.66. The largest absolute Gasteiger partial charge is 0.348 e. The summed E-state index contributed by atoms with van der Waals surface area (Å²) in [6.07, 6.45) is 5.04. The molecule has 0 saturated heterocycles. The van der Waals surface area contributed by atoms with E-state index in [1.54, 1.807) is 19.1 Å². The molecule has 0 aliphatic rings. The van der Waals surface area contributed by atoms with Crippen molar-refractivity contribution in [2.75, 3.05) is 13.1 Å². The summed E-state index contributed by atoms with van der Waals surface area (Å²) in [5.41, 5.74) is 0.732. The predicted octanol–water partition coefficient (Wildman–Crippen LogP) is 1.23. The van der Waals surface area contributed by atoms with Crippen molar-refractivity contribution in [2.24, 2.45) is 0 Å². The minimum Gasteiger partial charge on any atom is -0.348 e. The van der Waals surface area contributed by atoms with E-state index in [2.05, 4.69) is 16.6 Å². The molecule has 1 aromatic carbocycles. The van der Waals surface area contributed by atoms with E-state index in [4.69, 9.17) is 6.42 Å². The minimum absolute atomic E-state index is 0.157. The number of halogens is 1. The lowest BCUT2D eigenvalue weighted by Gasteiger charge is -2.14. The Balaban J connectivity index is 2.46. The van der Waals surface area contributed by atoms with Gasteiger partial charge in [-0.15, -0.1) is 6.42 Å². The van der Waals surface area contributed by atoms with Crippen molar-refractivity contribution >= 4 is 5.91 Å². The average Bonchev–Trinajstić information content (AvgIpc) is 2.29. The first-order valence-corrected chi connectivity index (χ1v) is 5.32. The average molecular weight is 234 g/mol. The number of benzene rings is 1. The maximum Gasteiger partial charge on any atom is 0.234 e. The van der Waals surface area contributed by atoms with Crippen molar-refractivity contribution in [2.45, 2.75) is 13.0 Å². The number of nitrogens with one attached hydrogen (secondary N) is 2. The van der Waals surface area contributed by atoms with Gasteiger partial charge in [0.15, 0.2) is 0 Å². The summed E-state index contributed by atoms with van der Waals surface area (Å²) in [5, 5.41) is 5.53. The van der Waals surface area contributed by atoms with E-state index in [-0.39, 0.29) is 24.3 Å². The maximum absolute atomic E-state index is 13.0. The smallest absolute Gasteiger partial charge is 0.234 e. The summed E-state index contributed by atoms with van der Waals surface area (Å²) in [4.78, 5) is 11.5. The Kier molecular flexibility index (Phi) is 5.18. The topological polar surface area (TPSA) is 41.1 Å². The van der Waals surface area contributed by atoms with Crippen LogP contribution in [-0.4, -0.2) is 19.0 Å². The van der Waals surface area contributed by atoms with Crippen LogP contribution in [0.3, 0.4) is 0 Å². The van der Waals surface area contributed by atoms with Crippen LogP contribution in [0.15, 0.2) is 24.3 Å². The summed E-state index contributed by atoms with van der Waals surface area (Å²) in [7, 11) is 0. The number of hydrogen-bond donors (Lipinski definition) is 2. The Hall–Kier alpha value is -1.86. The van der Waals surface area contributed by atoms with Crippen LogP contribution in [0.1, 0.15) is 18.5 Å². The number of carbonyl (C=O) groups is 1. The molecule has 0 radical (unpaired) electrons. The Labute approximate surface area is 100 Å². The molecule has 2 N–H and O–H groups in total. The van der Waals surface area contributed by atoms with Crippen LogP contribution in [0.2, 0.25) is 0 Å². The number of amides is 1. The van der Waals surface area contributed by atoms with Gasteiger partial charge in [-0.05, 0) is 24.6 Å². The van der Waals surface area contributed by atoms with Gasteiger partial charge in [-0.2, -0.15) is 0 Å². The van der Waals surface area contributed by atoms with Gasteiger partial charge in [0.25, 0.3) is 0 Å². The lowest BCUT2D eigenvalue weighted by molar-refractivity contribution is -0.120. The molecule has 3 nitrogen and oxygen atoms in total. The molecule has 0 aromatic heterocycles. The third kappa shape index (κ3) is 4.66. The monoisotopic (exact) mass is 234 g/mol. The van der Waals surface area contributed by atoms with Gasteiger partial charge < -0.3 is 5.32 Å². The highest BCUT2D eigenvalue weighted by atomic mass is 19.1. The molecule has 0 aliphatic carbocycles. The van der Waals surface area contributed by atoms with Crippen LogP contribution in [0.4, 0.5) is 4.39 Å². The zero-order chi connectivity index (χ0) is 12.7. The first-order chi connectivity index (χ1) is 8.13. The molecular formula is C13H15FN2O. The molecular weight excluding hydrogens is 219 g/mol. The quantitative estimate of drug-likeness (QED) is 0.594. The van der Waals surface area contributed by atoms with Gasteiger partial charge in [-0.1, -0.05) is 18.1 Å². The maximum atomic E-state index is 13.0. The van der Waals surface area contributed by atoms with E-state index < -0.39 is 0 Å². The zero-order valence-corrected chi connectivity index (χ0v) is 9.66. The lowest BCUT2D eigenvalue weighted by Crippen LogP contribution is -2.35. The van der Waals surface area contributed by atoms with Crippen molar-refractivity contribution in [3.63, 3.8) is 0 Å². The number of terminal acetylenes is 1. The van der Waals surface area contributed by atoms with Crippen LogP contribution in [0, 0.1) is 18.2 Å². The molecule has 4 heteroatoms. The standard InChI is InChI=1S/C13H15FN2O/c1-3-7-15-9-13(17)16-10(2)11-5-4-6-12(14)8-11/h1,4-6,8,10,15H,7,9H2,2H3,(H,16,17)/t10-/m1/s1. The van der Waals surface area contributed by atoms with Crippen LogP contribution in [0.25, 0.3) is 0 Å². The lowest BCUT2D eigenvalue weighted by atomic mass is 10.1. The molecule has 1 atom stereocenters. The SMILES string of the molecule is C#CCNCC(=O)N[C@H](C)c1cccc(F)c1. The van der Waals surface area contributed by atoms with Crippen LogP contribution in [-0.2, 0) is 4.79 Å². The van der Waals surface area contributed by atoms with Gasteiger partial charge in [-0.25, -0.2) is 4.39 Å². The summed E-state index contributed by atoms with van der Waals surface area (Å²) >= 11 is 0. The molecule has 0 spiro atoms. The number of carbonyl (C=O) groups excluding carboxylic acids is 1. The molecule has 0 heterocycles. The molecule has 0 aliphatic heterocycles. The molecule has 1 rings (SSSR count). The van der Waals surface area contributed by atoms with Gasteiger partial charge in [-0.3, -0.25) is 10.1 Å². The Bertz CT molecular complexity index is 426. The van der Waals surface area contributed by atoms with E-state index in [0.717, 1.165) is 5.56 Å².